The van der Waals surface area contributed by atoms with Gasteiger partial charge < -0.3 is 16.2 Å². The molecule has 1 aliphatic carbocycles. The lowest BCUT2D eigenvalue weighted by Crippen LogP contribution is -2.37. The zero-order chi connectivity index (χ0) is 31.1. The van der Waals surface area contributed by atoms with Crippen LogP contribution in [-0.4, -0.2) is 63.8 Å². The summed E-state index contributed by atoms with van der Waals surface area (Å²) in [5.41, 5.74) is 4.39. The minimum Gasteiger partial charge on any atom is -0.481 e. The first-order chi connectivity index (χ1) is 20.1. The molecule has 43 heavy (non-hydrogen) atoms. The summed E-state index contributed by atoms with van der Waals surface area (Å²) in [6.07, 6.45) is -4.87. The van der Waals surface area contributed by atoms with E-state index < -0.39 is 47.8 Å². The molecule has 0 bridgehead atoms. The highest BCUT2D eigenvalue weighted by atomic mass is 35.5. The molecule has 4 N–H and O–H groups in total. The number of nitrogens with one attached hydrogen (secondary N) is 1. The van der Waals surface area contributed by atoms with Gasteiger partial charge in [0.25, 0.3) is 0 Å². The molecule has 1 aliphatic heterocycles. The van der Waals surface area contributed by atoms with Gasteiger partial charge in [-0.15, -0.1) is 5.10 Å². The van der Waals surface area contributed by atoms with Crippen molar-refractivity contribution in [1.82, 2.24) is 34.7 Å². The van der Waals surface area contributed by atoms with Gasteiger partial charge in [0.05, 0.1) is 23.0 Å². The summed E-state index contributed by atoms with van der Waals surface area (Å²) in [6, 6.07) is 4.31. The van der Waals surface area contributed by atoms with E-state index in [0.717, 1.165) is 4.68 Å². The average molecular weight is 626 g/mol. The quantitative estimate of drug-likeness (QED) is 0.245. The number of halogens is 6. The zero-order valence-electron chi connectivity index (χ0n) is 22.1. The van der Waals surface area contributed by atoms with Crippen molar-refractivity contribution in [1.29, 1.82) is 0 Å². The van der Waals surface area contributed by atoms with E-state index >= 15 is 0 Å². The predicted octanol–water partition coefficient (Wildman–Crippen LogP) is 4.03. The number of carbonyl (C=O) groups is 2. The van der Waals surface area contributed by atoms with Crippen LogP contribution in [0.15, 0.2) is 24.4 Å². The predicted molar refractivity (Wildman–Crippen MR) is 140 cm³/mol. The summed E-state index contributed by atoms with van der Waals surface area (Å²) in [4.78, 5) is 33.6. The summed E-state index contributed by atoms with van der Waals surface area (Å²) < 4.78 is 68.0. The van der Waals surface area contributed by atoms with E-state index in [1.807, 2.05) is 0 Å². The first kappa shape index (κ1) is 28.7. The second-order valence-corrected chi connectivity index (χ2v) is 11.2. The van der Waals surface area contributed by atoms with E-state index in [1.165, 1.54) is 36.0 Å². The fraction of sp³-hybridized carbons (Fsp3) is 0.400. The van der Waals surface area contributed by atoms with Crippen LogP contribution in [0.25, 0.3) is 22.4 Å². The minimum absolute atomic E-state index is 0.00805. The number of carbonyl (C=O) groups excluding carboxylic acids is 1. The highest BCUT2D eigenvalue weighted by Gasteiger charge is 2.57. The van der Waals surface area contributed by atoms with Gasteiger partial charge in [-0.05, 0) is 38.0 Å². The molecule has 1 amide bonds. The highest BCUT2D eigenvalue weighted by Crippen LogP contribution is 2.48. The Morgan fingerprint density at radius 1 is 1.21 bits per heavy atom. The van der Waals surface area contributed by atoms with E-state index in [1.54, 1.807) is 0 Å². The Bertz CT molecular complexity index is 1820. The number of anilines is 2. The van der Waals surface area contributed by atoms with Crippen molar-refractivity contribution in [3.8, 4) is 11.5 Å². The van der Waals surface area contributed by atoms with Crippen molar-refractivity contribution in [2.45, 2.75) is 56.8 Å². The number of aliphatic carboxylic acids is 1. The summed E-state index contributed by atoms with van der Waals surface area (Å²) in [7, 11) is 0. The van der Waals surface area contributed by atoms with Crippen LogP contribution >= 0.6 is 11.6 Å². The van der Waals surface area contributed by atoms with Gasteiger partial charge in [0, 0.05) is 29.6 Å². The number of nitrogen functional groups attached to an aromatic ring is 1. The summed E-state index contributed by atoms with van der Waals surface area (Å²) in [6.45, 7) is 0.788. The summed E-state index contributed by atoms with van der Waals surface area (Å²) in [5, 5.41) is 24.9. The molecule has 18 heteroatoms. The molecule has 4 aromatic rings. The molecule has 1 unspecified atom stereocenters. The first-order valence-corrected chi connectivity index (χ1v) is 13.2. The number of aryl methyl sites for hydroxylation is 1. The van der Waals surface area contributed by atoms with Gasteiger partial charge in [-0.2, -0.15) is 27.1 Å². The zero-order valence-corrected chi connectivity index (χ0v) is 22.8. The minimum atomic E-state index is -5.74. The lowest BCUT2D eigenvalue weighted by atomic mass is 9.81. The van der Waals surface area contributed by atoms with E-state index in [4.69, 9.17) is 17.3 Å². The standard InChI is InChI=1S/C25H21ClF5N9O3/c1-22(14-9-39(38-36-14)10-23(4-5-23)21(42)43)15-17(32)33-19(34-18(15)35-20(22)41)16-12-3-2-11(26)8-13(12)40(37-16)7-6-24(27,28)25(29,30)31/h2-3,8-9H,4-7,10H2,1H3,(H,42,43)(H3,32,33,34,35,41). The molecule has 0 radical (unpaired) electrons. The molecule has 4 heterocycles. The lowest BCUT2D eigenvalue weighted by molar-refractivity contribution is -0.285. The number of fused-ring (bicyclic) bond motifs is 2. The van der Waals surface area contributed by atoms with Crippen LogP contribution in [0.3, 0.4) is 0 Å². The van der Waals surface area contributed by atoms with Crippen molar-refractivity contribution in [2.75, 3.05) is 11.1 Å². The number of benzene rings is 1. The summed E-state index contributed by atoms with van der Waals surface area (Å²) in [5.74, 6) is -6.74. The third-order valence-electron chi connectivity index (χ3n) is 7.92. The Morgan fingerprint density at radius 2 is 1.93 bits per heavy atom. The number of hydrogen-bond acceptors (Lipinski definition) is 8. The van der Waals surface area contributed by atoms with Gasteiger partial charge in [-0.1, -0.05) is 16.8 Å². The molecule has 3 aromatic heterocycles. The van der Waals surface area contributed by atoms with Gasteiger partial charge >= 0.3 is 18.1 Å². The van der Waals surface area contributed by atoms with Crippen LogP contribution in [0.5, 0.6) is 0 Å². The number of amides is 1. The summed E-state index contributed by atoms with van der Waals surface area (Å²) >= 11 is 6.06. The normalized spacial score (nSPS) is 19.5. The van der Waals surface area contributed by atoms with Crippen LogP contribution < -0.4 is 11.1 Å². The molecular formula is C25H21ClF5N9O3. The average Bonchev–Trinajstić information content (AvgIpc) is 3.27. The number of nitrogens with zero attached hydrogens (tertiary/aromatic N) is 7. The van der Waals surface area contributed by atoms with E-state index in [0.29, 0.717) is 18.2 Å². The molecule has 0 saturated heterocycles. The van der Waals surface area contributed by atoms with Gasteiger partial charge in [-0.3, -0.25) is 19.0 Å². The molecule has 12 nitrogen and oxygen atoms in total. The smallest absolute Gasteiger partial charge is 0.453 e. The van der Waals surface area contributed by atoms with E-state index in [2.05, 4.69) is 30.7 Å². The Morgan fingerprint density at radius 3 is 2.58 bits per heavy atom. The van der Waals surface area contributed by atoms with Gasteiger partial charge in [-0.25, -0.2) is 9.97 Å². The number of hydrogen-bond donors (Lipinski definition) is 3. The molecule has 6 rings (SSSR count). The van der Waals surface area contributed by atoms with Crippen molar-refractivity contribution in [2.24, 2.45) is 5.41 Å². The fourth-order valence-corrected chi connectivity index (χ4v) is 5.30. The Balaban J connectivity index is 1.37. The maximum Gasteiger partial charge on any atom is 0.453 e. The second kappa shape index (κ2) is 9.29. The highest BCUT2D eigenvalue weighted by molar-refractivity contribution is 6.31. The molecule has 0 spiro atoms. The second-order valence-electron chi connectivity index (χ2n) is 10.8. The van der Waals surface area contributed by atoms with Crippen LogP contribution in [0.1, 0.15) is 37.4 Å². The van der Waals surface area contributed by atoms with Crippen LogP contribution in [0.2, 0.25) is 5.02 Å². The number of rotatable bonds is 8. The molecule has 1 aromatic carbocycles. The van der Waals surface area contributed by atoms with Gasteiger partial charge in [0.15, 0.2) is 5.82 Å². The fourth-order valence-electron chi connectivity index (χ4n) is 5.13. The third-order valence-corrected chi connectivity index (χ3v) is 8.16. The SMILES string of the molecule is CC1(c2cn(CC3(C(=O)O)CC3)nn2)C(=O)Nc2nc(-c3nn(CCC(F)(F)C(F)(F)F)c4cc(Cl)ccc34)nc(N)c21. The van der Waals surface area contributed by atoms with Gasteiger partial charge in [0.1, 0.15) is 28.4 Å². The first-order valence-electron chi connectivity index (χ1n) is 12.8. The third kappa shape index (κ3) is 4.52. The molecule has 2 aliphatic rings. The van der Waals surface area contributed by atoms with Crippen molar-refractivity contribution >= 4 is 46.0 Å². The van der Waals surface area contributed by atoms with Crippen molar-refractivity contribution < 1.29 is 36.6 Å². The topological polar surface area (TPSA) is 167 Å². The number of aromatic nitrogens is 7. The van der Waals surface area contributed by atoms with E-state index in [-0.39, 0.29) is 51.5 Å². The number of carboxylic acid groups (broad SMARTS) is 1. The maximum absolute atomic E-state index is 13.7. The molecule has 226 valence electrons. The Labute approximate surface area is 243 Å². The van der Waals surface area contributed by atoms with Crippen LogP contribution in [0, 0.1) is 5.41 Å². The molecule has 1 saturated carbocycles. The Kier molecular flexibility index (Phi) is 6.20. The molecular weight excluding hydrogens is 605 g/mol. The number of nitrogens with two attached hydrogens (primary N) is 1. The van der Waals surface area contributed by atoms with Crippen molar-refractivity contribution in [3.05, 3.63) is 40.7 Å². The van der Waals surface area contributed by atoms with Crippen LogP contribution in [-0.2, 0) is 28.1 Å². The van der Waals surface area contributed by atoms with Gasteiger partial charge in [0.2, 0.25) is 5.91 Å². The number of alkyl halides is 5. The maximum atomic E-state index is 13.7. The largest absolute Gasteiger partial charge is 0.481 e. The Hall–Kier alpha value is -4.41. The van der Waals surface area contributed by atoms with Crippen LogP contribution in [0.4, 0.5) is 33.6 Å². The van der Waals surface area contributed by atoms with E-state index in [9.17, 15) is 36.6 Å². The monoisotopic (exact) mass is 625 g/mol. The molecule has 1 fully saturated rings. The van der Waals surface area contributed by atoms with Crippen molar-refractivity contribution in [3.63, 3.8) is 0 Å². The number of carboxylic acids is 1. The lowest BCUT2D eigenvalue weighted by Gasteiger charge is -2.19. The molecule has 1 atom stereocenters.